The Balaban J connectivity index is 2.25. The molecule has 1 saturated carbocycles. The van der Waals surface area contributed by atoms with Crippen LogP contribution in [-0.2, 0) is 0 Å². The van der Waals surface area contributed by atoms with Crippen LogP contribution in [0, 0.1) is 11.3 Å². The van der Waals surface area contributed by atoms with Crippen LogP contribution in [-0.4, -0.2) is 36.6 Å². The Morgan fingerprint density at radius 3 is 2.56 bits per heavy atom. The van der Waals surface area contributed by atoms with Crippen LogP contribution in [0.15, 0.2) is 0 Å². The highest BCUT2D eigenvalue weighted by atomic mass is 15.1. The third-order valence-electron chi connectivity index (χ3n) is 4.20. The monoisotopic (exact) mass is 251 g/mol. The van der Waals surface area contributed by atoms with E-state index in [1.807, 2.05) is 6.92 Å². The first-order valence-corrected chi connectivity index (χ1v) is 7.48. The van der Waals surface area contributed by atoms with Gasteiger partial charge in [0.05, 0.1) is 6.07 Å². The number of rotatable bonds is 7. The van der Waals surface area contributed by atoms with Crippen molar-refractivity contribution in [2.45, 2.75) is 70.4 Å². The molecule has 0 aliphatic heterocycles. The van der Waals surface area contributed by atoms with Crippen molar-refractivity contribution in [3.05, 3.63) is 0 Å². The second-order valence-corrected chi connectivity index (χ2v) is 5.85. The van der Waals surface area contributed by atoms with Gasteiger partial charge in [-0.2, -0.15) is 5.26 Å². The molecule has 1 fully saturated rings. The predicted molar refractivity (Wildman–Crippen MR) is 76.4 cm³/mol. The van der Waals surface area contributed by atoms with Gasteiger partial charge in [-0.3, -0.25) is 5.32 Å². The minimum atomic E-state index is -0.345. The van der Waals surface area contributed by atoms with Gasteiger partial charge in [-0.15, -0.1) is 0 Å². The summed E-state index contributed by atoms with van der Waals surface area (Å²) in [6.07, 6.45) is 8.96. The Morgan fingerprint density at radius 1 is 1.33 bits per heavy atom. The summed E-state index contributed by atoms with van der Waals surface area (Å²) in [6, 6.07) is 3.19. The van der Waals surface area contributed by atoms with Gasteiger partial charge in [0.25, 0.3) is 0 Å². The fourth-order valence-corrected chi connectivity index (χ4v) is 2.96. The van der Waals surface area contributed by atoms with E-state index in [1.165, 1.54) is 32.1 Å². The number of nitriles is 1. The quantitative estimate of drug-likeness (QED) is 0.756. The smallest absolute Gasteiger partial charge is 0.103 e. The summed E-state index contributed by atoms with van der Waals surface area (Å²) in [5, 5.41) is 12.5. The summed E-state index contributed by atoms with van der Waals surface area (Å²) in [7, 11) is 2.24. The van der Waals surface area contributed by atoms with Crippen LogP contribution in [0.2, 0.25) is 0 Å². The van der Waals surface area contributed by atoms with Gasteiger partial charge in [0.1, 0.15) is 5.54 Å². The SMILES string of the molecule is CCNC(C)(C#N)CCCN(C)C1CCCCC1. The molecule has 0 aromatic rings. The van der Waals surface area contributed by atoms with Crippen molar-refractivity contribution < 1.29 is 0 Å². The summed E-state index contributed by atoms with van der Waals surface area (Å²) in [4.78, 5) is 2.50. The Bertz CT molecular complexity index is 265. The molecule has 18 heavy (non-hydrogen) atoms. The third-order valence-corrected chi connectivity index (χ3v) is 4.20. The molecular formula is C15H29N3. The molecule has 1 aliphatic carbocycles. The number of nitrogens with one attached hydrogen (secondary N) is 1. The van der Waals surface area contributed by atoms with Crippen LogP contribution in [0.5, 0.6) is 0 Å². The zero-order valence-corrected chi connectivity index (χ0v) is 12.3. The summed E-state index contributed by atoms with van der Waals surface area (Å²) < 4.78 is 0. The zero-order valence-electron chi connectivity index (χ0n) is 12.3. The summed E-state index contributed by atoms with van der Waals surface area (Å²) >= 11 is 0. The zero-order chi connectivity index (χ0) is 13.4. The molecule has 0 saturated heterocycles. The highest BCUT2D eigenvalue weighted by molar-refractivity contribution is 5.03. The highest BCUT2D eigenvalue weighted by Crippen LogP contribution is 2.22. The molecule has 1 atom stereocenters. The molecule has 1 N–H and O–H groups in total. The summed E-state index contributed by atoms with van der Waals surface area (Å²) in [5.74, 6) is 0. The van der Waals surface area contributed by atoms with Crippen LogP contribution in [0.25, 0.3) is 0 Å². The fraction of sp³-hybridized carbons (Fsp3) is 0.933. The van der Waals surface area contributed by atoms with Crippen LogP contribution in [0.1, 0.15) is 58.8 Å². The lowest BCUT2D eigenvalue weighted by atomic mass is 9.93. The van der Waals surface area contributed by atoms with E-state index >= 15 is 0 Å². The third kappa shape index (κ3) is 4.96. The summed E-state index contributed by atoms with van der Waals surface area (Å²) in [5.41, 5.74) is -0.345. The Labute approximate surface area is 113 Å². The Hall–Kier alpha value is -0.590. The van der Waals surface area contributed by atoms with Crippen molar-refractivity contribution >= 4 is 0 Å². The number of hydrogen-bond donors (Lipinski definition) is 1. The van der Waals surface area contributed by atoms with E-state index in [2.05, 4.69) is 30.3 Å². The minimum Gasteiger partial charge on any atom is -0.303 e. The maximum Gasteiger partial charge on any atom is 0.103 e. The van der Waals surface area contributed by atoms with E-state index in [4.69, 9.17) is 0 Å². The van der Waals surface area contributed by atoms with E-state index in [1.54, 1.807) is 0 Å². The van der Waals surface area contributed by atoms with Crippen molar-refractivity contribution in [2.75, 3.05) is 20.1 Å². The van der Waals surface area contributed by atoms with Crippen LogP contribution in [0.4, 0.5) is 0 Å². The van der Waals surface area contributed by atoms with E-state index in [-0.39, 0.29) is 5.54 Å². The molecule has 0 radical (unpaired) electrons. The van der Waals surface area contributed by atoms with Crippen LogP contribution < -0.4 is 5.32 Å². The largest absolute Gasteiger partial charge is 0.303 e. The van der Waals surface area contributed by atoms with Crippen molar-refractivity contribution in [2.24, 2.45) is 0 Å². The Morgan fingerprint density at radius 2 is 2.00 bits per heavy atom. The lowest BCUT2D eigenvalue weighted by Crippen LogP contribution is -2.42. The molecule has 104 valence electrons. The average Bonchev–Trinajstić information content (AvgIpc) is 2.40. The van der Waals surface area contributed by atoms with Gasteiger partial charge >= 0.3 is 0 Å². The number of nitrogens with zero attached hydrogens (tertiary/aromatic N) is 2. The first kappa shape index (κ1) is 15.5. The van der Waals surface area contributed by atoms with Gasteiger partial charge in [-0.25, -0.2) is 0 Å². The highest BCUT2D eigenvalue weighted by Gasteiger charge is 2.23. The second-order valence-electron chi connectivity index (χ2n) is 5.85. The van der Waals surface area contributed by atoms with E-state index in [9.17, 15) is 5.26 Å². The molecular weight excluding hydrogens is 222 g/mol. The first-order chi connectivity index (χ1) is 8.61. The van der Waals surface area contributed by atoms with Crippen molar-refractivity contribution in [3.8, 4) is 6.07 Å². The van der Waals surface area contributed by atoms with E-state index < -0.39 is 0 Å². The van der Waals surface area contributed by atoms with Crippen LogP contribution >= 0.6 is 0 Å². The van der Waals surface area contributed by atoms with Gasteiger partial charge in [0, 0.05) is 6.04 Å². The van der Waals surface area contributed by atoms with Crippen LogP contribution in [0.3, 0.4) is 0 Å². The van der Waals surface area contributed by atoms with Gasteiger partial charge in [0.2, 0.25) is 0 Å². The molecule has 0 aromatic carbocycles. The number of hydrogen-bond acceptors (Lipinski definition) is 3. The second kappa shape index (κ2) is 7.76. The lowest BCUT2D eigenvalue weighted by molar-refractivity contribution is 0.185. The minimum absolute atomic E-state index is 0.345. The van der Waals surface area contributed by atoms with E-state index in [0.717, 1.165) is 32.0 Å². The molecule has 0 spiro atoms. The van der Waals surface area contributed by atoms with Crippen molar-refractivity contribution in [1.29, 1.82) is 5.26 Å². The normalized spacial score (nSPS) is 20.6. The fourth-order valence-electron chi connectivity index (χ4n) is 2.96. The van der Waals surface area contributed by atoms with E-state index in [0.29, 0.717) is 0 Å². The molecule has 1 unspecified atom stereocenters. The molecule has 3 heteroatoms. The molecule has 0 heterocycles. The molecule has 1 aliphatic rings. The maximum absolute atomic E-state index is 9.20. The van der Waals surface area contributed by atoms with Gasteiger partial charge < -0.3 is 4.90 Å². The van der Waals surface area contributed by atoms with Gasteiger partial charge in [0.15, 0.2) is 0 Å². The average molecular weight is 251 g/mol. The summed E-state index contributed by atoms with van der Waals surface area (Å²) in [6.45, 7) is 6.05. The molecule has 0 aromatic heterocycles. The predicted octanol–water partition coefficient (Wildman–Crippen LogP) is 2.92. The first-order valence-electron chi connectivity index (χ1n) is 7.48. The van der Waals surface area contributed by atoms with Gasteiger partial charge in [-0.05, 0) is 52.7 Å². The standard InChI is InChI=1S/C15H29N3/c1-4-17-15(2,13-16)11-8-12-18(3)14-9-6-5-7-10-14/h14,17H,4-12H2,1-3H3. The Kier molecular flexibility index (Phi) is 6.67. The lowest BCUT2D eigenvalue weighted by Gasteiger charge is -2.32. The van der Waals surface area contributed by atoms with Gasteiger partial charge in [-0.1, -0.05) is 26.2 Å². The molecule has 0 bridgehead atoms. The topological polar surface area (TPSA) is 39.1 Å². The van der Waals surface area contributed by atoms with Crippen molar-refractivity contribution in [3.63, 3.8) is 0 Å². The maximum atomic E-state index is 9.20. The molecule has 1 rings (SSSR count). The molecule has 3 nitrogen and oxygen atoms in total. The molecule has 0 amide bonds. The van der Waals surface area contributed by atoms with Crippen molar-refractivity contribution in [1.82, 2.24) is 10.2 Å².